The highest BCUT2D eigenvalue weighted by Gasteiger charge is 2.63. The molecule has 0 aliphatic heterocycles. The molecule has 0 amide bonds. The summed E-state index contributed by atoms with van der Waals surface area (Å²) in [5.74, 6) is 1.31. The van der Waals surface area contributed by atoms with Crippen molar-refractivity contribution in [2.45, 2.75) is 97.2 Å². The SMILES string of the molecule is CC(=O)OCC[C@]1(O)CC[C@@H]2[C@H]3CC=C4C[C@@H](OC(C)=O)CC[C@]4(C)[C@@H]3CC[C@@]21C. The van der Waals surface area contributed by atoms with E-state index in [9.17, 15) is 14.7 Å². The molecule has 4 aliphatic rings. The molecule has 0 aromatic rings. The fourth-order valence-electron chi connectivity index (χ4n) is 7.85. The van der Waals surface area contributed by atoms with Gasteiger partial charge in [0, 0.05) is 26.7 Å². The summed E-state index contributed by atoms with van der Waals surface area (Å²) in [6.45, 7) is 7.96. The van der Waals surface area contributed by atoms with Crippen LogP contribution < -0.4 is 0 Å². The minimum absolute atomic E-state index is 0.0325. The van der Waals surface area contributed by atoms with Crippen LogP contribution in [0.5, 0.6) is 0 Å². The number of rotatable bonds is 4. The molecule has 0 spiro atoms. The first kappa shape index (κ1) is 21.9. The van der Waals surface area contributed by atoms with Crippen molar-refractivity contribution in [3.05, 3.63) is 11.6 Å². The second-order valence-corrected chi connectivity index (χ2v) is 10.9. The number of fused-ring (bicyclic) bond motifs is 5. The molecule has 0 heterocycles. The van der Waals surface area contributed by atoms with E-state index in [0.29, 0.717) is 30.8 Å². The highest BCUT2D eigenvalue weighted by molar-refractivity contribution is 5.66. The van der Waals surface area contributed by atoms with Crippen LogP contribution in [0.4, 0.5) is 0 Å². The molecule has 0 bridgehead atoms. The number of hydrogen-bond acceptors (Lipinski definition) is 5. The van der Waals surface area contributed by atoms with Gasteiger partial charge in [0.15, 0.2) is 0 Å². The second kappa shape index (κ2) is 7.65. The Balaban J connectivity index is 1.52. The third-order valence-corrected chi connectivity index (χ3v) is 9.53. The first-order valence-electron chi connectivity index (χ1n) is 11.8. The molecule has 3 fully saturated rings. The van der Waals surface area contributed by atoms with Crippen LogP contribution in [0.15, 0.2) is 11.6 Å². The van der Waals surface area contributed by atoms with Gasteiger partial charge in [-0.3, -0.25) is 9.59 Å². The van der Waals surface area contributed by atoms with Gasteiger partial charge in [0.2, 0.25) is 0 Å². The number of aliphatic hydroxyl groups is 1. The van der Waals surface area contributed by atoms with Crippen LogP contribution in [0.2, 0.25) is 0 Å². The second-order valence-electron chi connectivity index (χ2n) is 10.9. The lowest BCUT2D eigenvalue weighted by Crippen LogP contribution is -2.55. The van der Waals surface area contributed by atoms with Crippen molar-refractivity contribution >= 4 is 11.9 Å². The molecular weight excluding hydrogens is 380 g/mol. The Hall–Kier alpha value is -1.36. The van der Waals surface area contributed by atoms with Gasteiger partial charge >= 0.3 is 11.9 Å². The zero-order valence-electron chi connectivity index (χ0n) is 19.0. The highest BCUT2D eigenvalue weighted by atomic mass is 16.5. The molecule has 4 aliphatic carbocycles. The predicted molar refractivity (Wildman–Crippen MR) is 113 cm³/mol. The number of ether oxygens (including phenoxy) is 2. The van der Waals surface area contributed by atoms with Gasteiger partial charge in [-0.25, -0.2) is 0 Å². The summed E-state index contributed by atoms with van der Waals surface area (Å²) in [6.07, 6.45) is 11.0. The largest absolute Gasteiger partial charge is 0.466 e. The van der Waals surface area contributed by atoms with Gasteiger partial charge in [-0.15, -0.1) is 0 Å². The van der Waals surface area contributed by atoms with Crippen LogP contribution in [0.25, 0.3) is 0 Å². The number of carbonyl (C=O) groups is 2. The molecule has 168 valence electrons. The van der Waals surface area contributed by atoms with Crippen LogP contribution >= 0.6 is 0 Å². The van der Waals surface area contributed by atoms with E-state index in [4.69, 9.17) is 9.47 Å². The fourth-order valence-corrected chi connectivity index (χ4v) is 7.85. The minimum atomic E-state index is -0.740. The van der Waals surface area contributed by atoms with E-state index >= 15 is 0 Å². The Kier molecular flexibility index (Phi) is 5.57. The smallest absolute Gasteiger partial charge is 0.302 e. The lowest BCUT2D eigenvalue weighted by molar-refractivity contribution is -0.152. The van der Waals surface area contributed by atoms with Crippen LogP contribution in [-0.2, 0) is 19.1 Å². The van der Waals surface area contributed by atoms with Crippen molar-refractivity contribution in [1.29, 1.82) is 0 Å². The maximum absolute atomic E-state index is 11.6. The Bertz CT molecular complexity index is 744. The van der Waals surface area contributed by atoms with E-state index in [1.54, 1.807) is 0 Å². The average molecular weight is 419 g/mol. The standard InChI is InChI=1S/C25H38O5/c1-16(26)29-14-13-25(28)12-9-22-20-6-5-18-15-19(30-17(2)27)7-10-23(18,3)21(20)8-11-24(22,25)4/h5,19-22,28H,6-15H2,1-4H3/t19-,20-,21+,22+,23-,24-,25+/m0/s1. The summed E-state index contributed by atoms with van der Waals surface area (Å²) in [4.78, 5) is 22.6. The third kappa shape index (κ3) is 3.41. The van der Waals surface area contributed by atoms with Crippen molar-refractivity contribution in [1.82, 2.24) is 0 Å². The predicted octanol–water partition coefficient (Wildman–Crippen LogP) is 4.57. The van der Waals surface area contributed by atoms with Crippen LogP contribution in [0.1, 0.15) is 85.5 Å². The van der Waals surface area contributed by atoms with E-state index in [1.165, 1.54) is 19.4 Å². The number of hydrogen-bond donors (Lipinski definition) is 1. The molecule has 7 atom stereocenters. The van der Waals surface area contributed by atoms with E-state index in [2.05, 4.69) is 19.9 Å². The number of esters is 2. The van der Waals surface area contributed by atoms with Crippen LogP contribution in [-0.4, -0.2) is 35.4 Å². The van der Waals surface area contributed by atoms with Crippen molar-refractivity contribution in [2.24, 2.45) is 28.6 Å². The quantitative estimate of drug-likeness (QED) is 0.535. The van der Waals surface area contributed by atoms with Crippen molar-refractivity contribution in [2.75, 3.05) is 6.61 Å². The summed E-state index contributed by atoms with van der Waals surface area (Å²) < 4.78 is 10.7. The monoisotopic (exact) mass is 418 g/mol. The Morgan fingerprint density at radius 2 is 1.80 bits per heavy atom. The first-order valence-corrected chi connectivity index (χ1v) is 11.8. The van der Waals surface area contributed by atoms with Gasteiger partial charge in [0.25, 0.3) is 0 Å². The molecule has 30 heavy (non-hydrogen) atoms. The molecule has 0 saturated heterocycles. The van der Waals surface area contributed by atoms with Gasteiger partial charge in [-0.05, 0) is 73.5 Å². The van der Waals surface area contributed by atoms with E-state index in [-0.39, 0.29) is 28.9 Å². The summed E-state index contributed by atoms with van der Waals surface area (Å²) in [7, 11) is 0. The van der Waals surface area contributed by atoms with Crippen LogP contribution in [0.3, 0.4) is 0 Å². The summed E-state index contributed by atoms with van der Waals surface area (Å²) >= 11 is 0. The molecular formula is C25H38O5. The maximum atomic E-state index is 11.6. The molecule has 1 N–H and O–H groups in total. The van der Waals surface area contributed by atoms with Crippen molar-refractivity contribution in [3.63, 3.8) is 0 Å². The summed E-state index contributed by atoms with van der Waals surface area (Å²) in [5.41, 5.74) is 0.841. The van der Waals surface area contributed by atoms with Crippen molar-refractivity contribution < 1.29 is 24.2 Å². The topological polar surface area (TPSA) is 72.8 Å². The zero-order chi connectivity index (χ0) is 21.7. The lowest BCUT2D eigenvalue weighted by Gasteiger charge is -2.59. The average Bonchev–Trinajstić information content (AvgIpc) is 2.93. The minimum Gasteiger partial charge on any atom is -0.466 e. The van der Waals surface area contributed by atoms with Gasteiger partial charge < -0.3 is 14.6 Å². The maximum Gasteiger partial charge on any atom is 0.302 e. The third-order valence-electron chi connectivity index (χ3n) is 9.53. The zero-order valence-corrected chi connectivity index (χ0v) is 19.0. The molecule has 5 heteroatoms. The van der Waals surface area contributed by atoms with Gasteiger partial charge in [-0.2, -0.15) is 0 Å². The van der Waals surface area contributed by atoms with Crippen LogP contribution in [0, 0.1) is 28.6 Å². The summed E-state index contributed by atoms with van der Waals surface area (Å²) in [6, 6.07) is 0. The van der Waals surface area contributed by atoms with Gasteiger partial charge in [0.1, 0.15) is 6.10 Å². The molecule has 0 radical (unpaired) electrons. The van der Waals surface area contributed by atoms with E-state index in [1.807, 2.05) is 0 Å². The molecule has 0 unspecified atom stereocenters. The van der Waals surface area contributed by atoms with E-state index in [0.717, 1.165) is 51.4 Å². The number of allylic oxidation sites excluding steroid dienone is 1. The summed E-state index contributed by atoms with van der Waals surface area (Å²) in [5, 5.41) is 11.6. The Morgan fingerprint density at radius 3 is 2.50 bits per heavy atom. The lowest BCUT2D eigenvalue weighted by atomic mass is 9.47. The van der Waals surface area contributed by atoms with Crippen molar-refractivity contribution in [3.8, 4) is 0 Å². The van der Waals surface area contributed by atoms with Gasteiger partial charge in [0.05, 0.1) is 12.2 Å². The molecule has 5 nitrogen and oxygen atoms in total. The Morgan fingerprint density at radius 1 is 1.07 bits per heavy atom. The Labute approximate surface area is 180 Å². The first-order chi connectivity index (χ1) is 14.1. The molecule has 0 aromatic heterocycles. The molecule has 3 saturated carbocycles. The molecule has 4 rings (SSSR count). The van der Waals surface area contributed by atoms with E-state index < -0.39 is 5.60 Å². The fraction of sp³-hybridized carbons (Fsp3) is 0.840. The molecule has 0 aromatic carbocycles. The normalized spacial score (nSPS) is 44.9. The van der Waals surface area contributed by atoms with Gasteiger partial charge in [-0.1, -0.05) is 25.5 Å². The highest BCUT2D eigenvalue weighted by Crippen LogP contribution is 2.67. The number of carbonyl (C=O) groups excluding carboxylic acids is 2.